The Bertz CT molecular complexity index is 738. The highest BCUT2D eigenvalue weighted by molar-refractivity contribution is 9.10. The van der Waals surface area contributed by atoms with Crippen LogP contribution in [-0.4, -0.2) is 19.5 Å². The largest absolute Gasteiger partial charge is 0.481 e. The smallest absolute Gasteiger partial charge is 0.307 e. The van der Waals surface area contributed by atoms with Crippen molar-refractivity contribution < 1.29 is 18.3 Å². The second-order valence-electron chi connectivity index (χ2n) is 4.23. The fourth-order valence-corrected chi connectivity index (χ4v) is 4.18. The number of carboxylic acid groups (broad SMARTS) is 1. The number of benzene rings is 1. The Hall–Kier alpha value is -1.22. The van der Waals surface area contributed by atoms with Gasteiger partial charge in [0.25, 0.3) is 0 Å². The van der Waals surface area contributed by atoms with Crippen molar-refractivity contribution in [1.29, 1.82) is 0 Å². The molecule has 1 aromatic heterocycles. The highest BCUT2D eigenvalue weighted by Crippen LogP contribution is 2.23. The summed E-state index contributed by atoms with van der Waals surface area (Å²) in [6.07, 6.45) is -0.129. The number of carbonyl (C=O) groups is 1. The van der Waals surface area contributed by atoms with Crippen molar-refractivity contribution in [1.82, 2.24) is 4.72 Å². The van der Waals surface area contributed by atoms with Gasteiger partial charge < -0.3 is 5.11 Å². The predicted molar refractivity (Wildman–Crippen MR) is 83.8 cm³/mol. The van der Waals surface area contributed by atoms with Crippen LogP contribution in [0.3, 0.4) is 0 Å². The van der Waals surface area contributed by atoms with E-state index in [0.29, 0.717) is 5.56 Å². The van der Waals surface area contributed by atoms with Gasteiger partial charge in [-0.1, -0.05) is 12.1 Å². The lowest BCUT2D eigenvalue weighted by molar-refractivity contribution is -0.136. The van der Waals surface area contributed by atoms with Gasteiger partial charge >= 0.3 is 5.97 Å². The minimum Gasteiger partial charge on any atom is -0.481 e. The zero-order chi connectivity index (χ0) is 15.5. The normalized spacial score (nSPS) is 11.5. The van der Waals surface area contributed by atoms with Gasteiger partial charge in [-0.05, 0) is 45.1 Å². The molecule has 112 valence electrons. The number of nitrogens with one attached hydrogen (secondary N) is 1. The highest BCUT2D eigenvalue weighted by atomic mass is 79.9. The Kier molecular flexibility index (Phi) is 5.15. The number of sulfonamides is 1. The first-order valence-corrected chi connectivity index (χ1v) is 9.06. The van der Waals surface area contributed by atoms with E-state index < -0.39 is 16.0 Å². The van der Waals surface area contributed by atoms with Crippen LogP contribution < -0.4 is 4.72 Å². The second kappa shape index (κ2) is 6.69. The number of aliphatic carboxylic acids is 1. The van der Waals surface area contributed by atoms with Crippen LogP contribution in [0.2, 0.25) is 0 Å². The maximum Gasteiger partial charge on any atom is 0.307 e. The summed E-state index contributed by atoms with van der Waals surface area (Å²) in [6, 6.07) is 7.68. The third-order valence-corrected chi connectivity index (χ3v) is 6.05. The Balaban J connectivity index is 2.08. The maximum atomic E-state index is 12.1. The predicted octanol–water partition coefficient (Wildman–Crippen LogP) is 2.62. The van der Waals surface area contributed by atoms with Crippen LogP contribution in [0.25, 0.3) is 0 Å². The van der Waals surface area contributed by atoms with Crippen molar-refractivity contribution in [2.75, 3.05) is 0 Å². The van der Waals surface area contributed by atoms with Crippen LogP contribution in [0, 0.1) is 0 Å². The van der Waals surface area contributed by atoms with Crippen molar-refractivity contribution in [2.24, 2.45) is 0 Å². The molecule has 8 heteroatoms. The molecule has 2 N–H and O–H groups in total. The van der Waals surface area contributed by atoms with E-state index in [2.05, 4.69) is 20.7 Å². The third kappa shape index (κ3) is 4.37. The quantitative estimate of drug-likeness (QED) is 0.795. The summed E-state index contributed by atoms with van der Waals surface area (Å²) in [7, 11) is -3.61. The molecule has 0 fully saturated rings. The molecule has 2 aromatic rings. The van der Waals surface area contributed by atoms with Gasteiger partial charge in [-0.15, -0.1) is 11.3 Å². The molecule has 0 aliphatic heterocycles. The molecule has 2 rings (SSSR count). The van der Waals surface area contributed by atoms with Gasteiger partial charge in [-0.2, -0.15) is 0 Å². The summed E-state index contributed by atoms with van der Waals surface area (Å²) in [6.45, 7) is 0.206. The number of carboxylic acids is 1. The lowest BCUT2D eigenvalue weighted by Crippen LogP contribution is -2.23. The van der Waals surface area contributed by atoms with Crippen LogP contribution >= 0.6 is 27.3 Å². The van der Waals surface area contributed by atoms with Crippen molar-refractivity contribution >= 4 is 43.3 Å². The van der Waals surface area contributed by atoms with E-state index in [1.807, 2.05) is 11.4 Å². The molecule has 1 aromatic carbocycles. The summed E-state index contributed by atoms with van der Waals surface area (Å²) < 4.78 is 27.7. The first-order valence-electron chi connectivity index (χ1n) is 5.91. The first kappa shape index (κ1) is 16.2. The average molecular weight is 390 g/mol. The van der Waals surface area contributed by atoms with Crippen molar-refractivity contribution in [2.45, 2.75) is 17.9 Å². The molecule has 0 spiro atoms. The monoisotopic (exact) mass is 389 g/mol. The van der Waals surface area contributed by atoms with Gasteiger partial charge in [0.05, 0.1) is 11.3 Å². The molecular formula is C13H12BrNO4S2. The zero-order valence-corrected chi connectivity index (χ0v) is 14.0. The SMILES string of the molecule is O=C(O)Cc1ccc(S(=O)(=O)NCc2sccc2Br)cc1. The summed E-state index contributed by atoms with van der Waals surface area (Å²) in [4.78, 5) is 11.6. The van der Waals surface area contributed by atoms with Crippen LogP contribution in [0.4, 0.5) is 0 Å². The van der Waals surface area contributed by atoms with E-state index in [0.717, 1.165) is 9.35 Å². The van der Waals surface area contributed by atoms with Gasteiger partial charge in [0.1, 0.15) is 0 Å². The Morgan fingerprint density at radius 3 is 2.43 bits per heavy atom. The topological polar surface area (TPSA) is 83.5 Å². The number of hydrogen-bond acceptors (Lipinski definition) is 4. The lowest BCUT2D eigenvalue weighted by Gasteiger charge is -2.07. The Morgan fingerprint density at radius 1 is 1.24 bits per heavy atom. The number of rotatable bonds is 6. The summed E-state index contributed by atoms with van der Waals surface area (Å²) in [5.41, 5.74) is 0.558. The fraction of sp³-hybridized carbons (Fsp3) is 0.154. The van der Waals surface area contributed by atoms with E-state index >= 15 is 0 Å². The van der Waals surface area contributed by atoms with Gasteiger partial charge in [-0.25, -0.2) is 13.1 Å². The fourth-order valence-electron chi connectivity index (χ4n) is 1.66. The van der Waals surface area contributed by atoms with Crippen LogP contribution in [-0.2, 0) is 27.8 Å². The molecule has 5 nitrogen and oxygen atoms in total. The van der Waals surface area contributed by atoms with Gasteiger partial charge in [0.15, 0.2) is 0 Å². The first-order chi connectivity index (χ1) is 9.88. The number of hydrogen-bond donors (Lipinski definition) is 2. The Morgan fingerprint density at radius 2 is 1.90 bits per heavy atom. The summed E-state index contributed by atoms with van der Waals surface area (Å²) in [5.74, 6) is -0.953. The molecule has 21 heavy (non-hydrogen) atoms. The zero-order valence-electron chi connectivity index (χ0n) is 10.7. The molecule has 0 bridgehead atoms. The standard InChI is InChI=1S/C13H12BrNO4S2/c14-11-5-6-20-12(11)8-15-21(18,19)10-3-1-9(2-4-10)7-13(16)17/h1-6,15H,7-8H2,(H,16,17). The van der Waals surface area contributed by atoms with E-state index in [1.165, 1.54) is 35.6 Å². The molecular weight excluding hydrogens is 378 g/mol. The van der Waals surface area contributed by atoms with Crippen molar-refractivity contribution in [3.63, 3.8) is 0 Å². The molecule has 0 aliphatic carbocycles. The minimum absolute atomic E-state index is 0.115. The molecule has 0 unspecified atom stereocenters. The van der Waals surface area contributed by atoms with Crippen LogP contribution in [0.5, 0.6) is 0 Å². The maximum absolute atomic E-state index is 12.1. The van der Waals surface area contributed by atoms with Gasteiger partial charge in [-0.3, -0.25) is 4.79 Å². The number of halogens is 1. The molecule has 0 amide bonds. The van der Waals surface area contributed by atoms with Crippen LogP contribution in [0.1, 0.15) is 10.4 Å². The van der Waals surface area contributed by atoms with E-state index in [4.69, 9.17) is 5.11 Å². The van der Waals surface area contributed by atoms with Gasteiger partial charge in [0.2, 0.25) is 10.0 Å². The minimum atomic E-state index is -3.61. The summed E-state index contributed by atoms with van der Waals surface area (Å²) in [5, 5.41) is 10.5. The van der Waals surface area contributed by atoms with Crippen molar-refractivity contribution in [3.8, 4) is 0 Å². The number of thiophene rings is 1. The molecule has 1 heterocycles. The summed E-state index contributed by atoms with van der Waals surface area (Å²) >= 11 is 4.80. The molecule has 0 saturated carbocycles. The molecule has 0 atom stereocenters. The van der Waals surface area contributed by atoms with E-state index in [1.54, 1.807) is 0 Å². The highest BCUT2D eigenvalue weighted by Gasteiger charge is 2.15. The lowest BCUT2D eigenvalue weighted by atomic mass is 10.2. The van der Waals surface area contributed by atoms with E-state index in [-0.39, 0.29) is 17.9 Å². The van der Waals surface area contributed by atoms with Crippen molar-refractivity contribution in [3.05, 3.63) is 50.6 Å². The van der Waals surface area contributed by atoms with Crippen LogP contribution in [0.15, 0.2) is 45.1 Å². The average Bonchev–Trinajstić information content (AvgIpc) is 2.82. The molecule has 0 aliphatic rings. The molecule has 0 radical (unpaired) electrons. The third-order valence-electron chi connectivity index (χ3n) is 2.70. The van der Waals surface area contributed by atoms with E-state index in [9.17, 15) is 13.2 Å². The molecule has 0 saturated heterocycles. The Labute approximate surface area is 134 Å². The second-order valence-corrected chi connectivity index (χ2v) is 7.85. The van der Waals surface area contributed by atoms with Gasteiger partial charge in [0, 0.05) is 15.9 Å².